The third kappa shape index (κ3) is 1.47. The summed E-state index contributed by atoms with van der Waals surface area (Å²) in [7, 11) is 0. The van der Waals surface area contributed by atoms with Crippen molar-refractivity contribution in [1.82, 2.24) is 0 Å². The number of halogens is 1. The number of benzene rings is 1. The normalized spacial score (nSPS) is 13.7. The molecule has 76 valence electrons. The highest BCUT2D eigenvalue weighted by Gasteiger charge is 2.13. The van der Waals surface area contributed by atoms with E-state index in [-0.39, 0.29) is 0 Å². The second-order valence-corrected chi connectivity index (χ2v) is 4.50. The van der Waals surface area contributed by atoms with E-state index in [1.807, 2.05) is 6.07 Å². The smallest absolute Gasteiger partial charge is 0.148 e. The lowest BCUT2D eigenvalue weighted by molar-refractivity contribution is 0.581. The molecule has 3 heteroatoms. The van der Waals surface area contributed by atoms with E-state index in [2.05, 4.69) is 39.4 Å². The number of anilines is 1. The van der Waals surface area contributed by atoms with E-state index in [4.69, 9.17) is 4.42 Å². The van der Waals surface area contributed by atoms with Crippen LogP contribution in [0.1, 0.15) is 5.56 Å². The molecule has 1 aromatic heterocycles. The SMILES string of the molecule is Brc1ccoc1-c1ccc2c(c1)CCN2. The van der Waals surface area contributed by atoms with E-state index in [1.54, 1.807) is 6.26 Å². The Bertz CT molecular complexity index is 504. The molecule has 1 aliphatic heterocycles. The fourth-order valence-electron chi connectivity index (χ4n) is 1.95. The summed E-state index contributed by atoms with van der Waals surface area (Å²) in [6.45, 7) is 1.04. The van der Waals surface area contributed by atoms with Gasteiger partial charge in [-0.05, 0) is 52.2 Å². The van der Waals surface area contributed by atoms with Crippen molar-refractivity contribution in [2.24, 2.45) is 0 Å². The largest absolute Gasteiger partial charge is 0.463 e. The van der Waals surface area contributed by atoms with Gasteiger partial charge in [0.1, 0.15) is 5.76 Å². The van der Waals surface area contributed by atoms with Crippen molar-refractivity contribution in [2.75, 3.05) is 11.9 Å². The predicted octanol–water partition coefficient (Wildman–Crippen LogP) is 3.68. The van der Waals surface area contributed by atoms with Crippen LogP contribution < -0.4 is 5.32 Å². The van der Waals surface area contributed by atoms with Gasteiger partial charge in [-0.15, -0.1) is 0 Å². The van der Waals surface area contributed by atoms with Gasteiger partial charge in [-0.3, -0.25) is 0 Å². The fourth-order valence-corrected chi connectivity index (χ4v) is 2.38. The van der Waals surface area contributed by atoms with Gasteiger partial charge in [-0.1, -0.05) is 0 Å². The van der Waals surface area contributed by atoms with Crippen molar-refractivity contribution in [3.05, 3.63) is 40.6 Å². The van der Waals surface area contributed by atoms with E-state index in [1.165, 1.54) is 11.3 Å². The van der Waals surface area contributed by atoms with Crippen LogP contribution in [0.15, 0.2) is 39.4 Å². The quantitative estimate of drug-likeness (QED) is 0.849. The summed E-state index contributed by atoms with van der Waals surface area (Å²) >= 11 is 3.47. The molecule has 3 rings (SSSR count). The van der Waals surface area contributed by atoms with Crippen LogP contribution in [0.4, 0.5) is 5.69 Å². The number of hydrogen-bond acceptors (Lipinski definition) is 2. The van der Waals surface area contributed by atoms with Crippen LogP contribution in [0.25, 0.3) is 11.3 Å². The molecule has 0 amide bonds. The molecule has 0 atom stereocenters. The van der Waals surface area contributed by atoms with Crippen molar-refractivity contribution in [2.45, 2.75) is 6.42 Å². The van der Waals surface area contributed by atoms with Crippen LogP contribution in [0.2, 0.25) is 0 Å². The predicted molar refractivity (Wildman–Crippen MR) is 64.0 cm³/mol. The highest BCUT2D eigenvalue weighted by Crippen LogP contribution is 2.33. The lowest BCUT2D eigenvalue weighted by Crippen LogP contribution is -1.90. The Kier molecular flexibility index (Phi) is 2.06. The van der Waals surface area contributed by atoms with Gasteiger partial charge in [-0.25, -0.2) is 0 Å². The lowest BCUT2D eigenvalue weighted by Gasteiger charge is -2.02. The molecule has 0 saturated carbocycles. The minimum atomic E-state index is 0.907. The fraction of sp³-hybridized carbons (Fsp3) is 0.167. The summed E-state index contributed by atoms with van der Waals surface area (Å²) in [6.07, 6.45) is 2.80. The van der Waals surface area contributed by atoms with E-state index in [0.29, 0.717) is 0 Å². The van der Waals surface area contributed by atoms with Gasteiger partial charge in [0.05, 0.1) is 10.7 Å². The summed E-state index contributed by atoms with van der Waals surface area (Å²) in [5.41, 5.74) is 3.76. The molecule has 1 N–H and O–H groups in total. The zero-order valence-electron chi connectivity index (χ0n) is 8.09. The Morgan fingerprint density at radius 1 is 1.27 bits per heavy atom. The number of rotatable bonds is 1. The first-order chi connectivity index (χ1) is 7.34. The average Bonchev–Trinajstić information content (AvgIpc) is 2.84. The Hall–Kier alpha value is -1.22. The maximum atomic E-state index is 5.44. The van der Waals surface area contributed by atoms with Crippen molar-refractivity contribution < 1.29 is 4.42 Å². The molecule has 1 aliphatic rings. The van der Waals surface area contributed by atoms with E-state index < -0.39 is 0 Å². The van der Waals surface area contributed by atoms with Crippen LogP contribution in [0.5, 0.6) is 0 Å². The first-order valence-electron chi connectivity index (χ1n) is 4.95. The minimum absolute atomic E-state index is 0.907. The highest BCUT2D eigenvalue weighted by molar-refractivity contribution is 9.10. The standard InChI is InChI=1S/C12H10BrNO/c13-10-4-6-15-12(10)9-1-2-11-8(7-9)3-5-14-11/h1-2,4,6-7,14H,3,5H2. The molecule has 0 unspecified atom stereocenters. The second kappa shape index (κ2) is 3.42. The van der Waals surface area contributed by atoms with Gasteiger partial charge in [0, 0.05) is 17.8 Å². The Morgan fingerprint density at radius 2 is 2.20 bits per heavy atom. The molecule has 0 saturated heterocycles. The summed E-state index contributed by atoms with van der Waals surface area (Å²) < 4.78 is 6.45. The third-order valence-electron chi connectivity index (χ3n) is 2.69. The van der Waals surface area contributed by atoms with Gasteiger partial charge in [0.25, 0.3) is 0 Å². The Morgan fingerprint density at radius 3 is 3.00 bits per heavy atom. The molecule has 1 aromatic carbocycles. The Labute approximate surface area is 96.4 Å². The van der Waals surface area contributed by atoms with Crippen LogP contribution in [0, 0.1) is 0 Å². The summed E-state index contributed by atoms with van der Waals surface area (Å²) in [6, 6.07) is 8.31. The monoisotopic (exact) mass is 263 g/mol. The zero-order valence-corrected chi connectivity index (χ0v) is 9.67. The summed E-state index contributed by atoms with van der Waals surface area (Å²) in [5, 5.41) is 3.34. The van der Waals surface area contributed by atoms with Gasteiger partial charge < -0.3 is 9.73 Å². The number of hydrogen-bond donors (Lipinski definition) is 1. The van der Waals surface area contributed by atoms with Crippen molar-refractivity contribution in [3.63, 3.8) is 0 Å². The molecule has 0 radical (unpaired) electrons. The topological polar surface area (TPSA) is 25.2 Å². The van der Waals surface area contributed by atoms with Crippen molar-refractivity contribution in [1.29, 1.82) is 0 Å². The molecule has 2 nitrogen and oxygen atoms in total. The number of furan rings is 1. The zero-order chi connectivity index (χ0) is 10.3. The average molecular weight is 264 g/mol. The molecular formula is C12H10BrNO. The first kappa shape index (κ1) is 9.04. The Balaban J connectivity index is 2.11. The first-order valence-corrected chi connectivity index (χ1v) is 5.74. The van der Waals surface area contributed by atoms with Gasteiger partial charge in [0.2, 0.25) is 0 Å². The molecule has 2 heterocycles. The van der Waals surface area contributed by atoms with Crippen molar-refractivity contribution >= 4 is 21.6 Å². The van der Waals surface area contributed by atoms with Crippen LogP contribution in [-0.2, 0) is 6.42 Å². The molecule has 2 aromatic rings. The van der Waals surface area contributed by atoms with Crippen LogP contribution in [0.3, 0.4) is 0 Å². The minimum Gasteiger partial charge on any atom is -0.463 e. The maximum Gasteiger partial charge on any atom is 0.148 e. The van der Waals surface area contributed by atoms with Crippen LogP contribution in [-0.4, -0.2) is 6.54 Å². The van der Waals surface area contributed by atoms with Gasteiger partial charge >= 0.3 is 0 Å². The number of nitrogens with one attached hydrogen (secondary N) is 1. The molecule has 0 bridgehead atoms. The number of fused-ring (bicyclic) bond motifs is 1. The van der Waals surface area contributed by atoms with E-state index >= 15 is 0 Å². The molecule has 0 spiro atoms. The highest BCUT2D eigenvalue weighted by atomic mass is 79.9. The molecular weight excluding hydrogens is 254 g/mol. The van der Waals surface area contributed by atoms with Gasteiger partial charge in [-0.2, -0.15) is 0 Å². The maximum absolute atomic E-state index is 5.44. The second-order valence-electron chi connectivity index (χ2n) is 3.65. The lowest BCUT2D eigenvalue weighted by atomic mass is 10.1. The third-order valence-corrected chi connectivity index (χ3v) is 3.32. The summed E-state index contributed by atoms with van der Waals surface area (Å²) in [5.74, 6) is 0.907. The van der Waals surface area contributed by atoms with E-state index in [0.717, 1.165) is 28.8 Å². The van der Waals surface area contributed by atoms with E-state index in [9.17, 15) is 0 Å². The summed E-state index contributed by atoms with van der Waals surface area (Å²) in [4.78, 5) is 0. The molecule has 0 aliphatic carbocycles. The van der Waals surface area contributed by atoms with Gasteiger partial charge in [0.15, 0.2) is 0 Å². The molecule has 15 heavy (non-hydrogen) atoms. The molecule has 0 fully saturated rings. The van der Waals surface area contributed by atoms with Crippen molar-refractivity contribution in [3.8, 4) is 11.3 Å². The van der Waals surface area contributed by atoms with Crippen LogP contribution >= 0.6 is 15.9 Å².